The molecule has 1 atom stereocenters. The summed E-state index contributed by atoms with van der Waals surface area (Å²) in [6.07, 6.45) is 0. The Morgan fingerprint density at radius 2 is 1.53 bits per heavy atom. The predicted octanol–water partition coefficient (Wildman–Crippen LogP) is 3.86. The molecule has 2 heteroatoms. The molecular formula is C17H14N2. The van der Waals surface area contributed by atoms with Gasteiger partial charge in [-0.25, -0.2) is 5.43 Å². The molecule has 0 aromatic heterocycles. The third-order valence-corrected chi connectivity index (χ3v) is 3.75. The van der Waals surface area contributed by atoms with Crippen LogP contribution in [-0.4, -0.2) is 0 Å². The van der Waals surface area contributed by atoms with Crippen molar-refractivity contribution in [3.05, 3.63) is 77.9 Å². The van der Waals surface area contributed by atoms with Gasteiger partial charge in [-0.2, -0.15) is 0 Å². The van der Waals surface area contributed by atoms with Crippen LogP contribution < -0.4 is 10.9 Å². The number of hydrogen-bond acceptors (Lipinski definition) is 2. The molecule has 0 spiro atoms. The Hall–Kier alpha value is -2.32. The first-order valence-corrected chi connectivity index (χ1v) is 6.51. The molecule has 2 nitrogen and oxygen atoms in total. The molecule has 1 unspecified atom stereocenters. The Kier molecular flexibility index (Phi) is 2.29. The van der Waals surface area contributed by atoms with Gasteiger partial charge in [-0.1, -0.05) is 66.7 Å². The minimum absolute atomic E-state index is 0.223. The molecule has 1 aliphatic rings. The van der Waals surface area contributed by atoms with Gasteiger partial charge in [0.2, 0.25) is 0 Å². The Morgan fingerprint density at radius 3 is 2.42 bits per heavy atom. The molecular weight excluding hydrogens is 232 g/mol. The van der Waals surface area contributed by atoms with Crippen LogP contribution in [0.2, 0.25) is 0 Å². The van der Waals surface area contributed by atoms with E-state index in [0.29, 0.717) is 0 Å². The van der Waals surface area contributed by atoms with Crippen molar-refractivity contribution in [1.29, 1.82) is 0 Å². The molecule has 0 saturated carbocycles. The minimum atomic E-state index is 0.223. The summed E-state index contributed by atoms with van der Waals surface area (Å²) in [5, 5.41) is 2.54. The summed E-state index contributed by atoms with van der Waals surface area (Å²) in [7, 11) is 0. The van der Waals surface area contributed by atoms with Crippen LogP contribution in [0.15, 0.2) is 66.7 Å². The summed E-state index contributed by atoms with van der Waals surface area (Å²) in [6.45, 7) is 0. The van der Waals surface area contributed by atoms with E-state index in [-0.39, 0.29) is 6.04 Å². The van der Waals surface area contributed by atoms with Crippen LogP contribution in [0.25, 0.3) is 10.8 Å². The predicted molar refractivity (Wildman–Crippen MR) is 79.0 cm³/mol. The quantitative estimate of drug-likeness (QED) is 0.681. The molecule has 1 aliphatic heterocycles. The van der Waals surface area contributed by atoms with Crippen LogP contribution in [0.3, 0.4) is 0 Å². The normalized spacial score (nSPS) is 17.2. The lowest BCUT2D eigenvalue weighted by Crippen LogP contribution is -2.19. The standard InChI is InChI=1S/C17H14N2/c1-2-7-13(8-3-1)16-15-11-10-12-6-4-5-9-14(12)17(15)19-18-16/h1-11,16,18-19H. The summed E-state index contributed by atoms with van der Waals surface area (Å²) >= 11 is 0. The fourth-order valence-corrected chi connectivity index (χ4v) is 2.80. The molecule has 2 N–H and O–H groups in total. The summed E-state index contributed by atoms with van der Waals surface area (Å²) in [5.41, 5.74) is 10.5. The van der Waals surface area contributed by atoms with E-state index in [0.717, 1.165) is 0 Å². The summed E-state index contributed by atoms with van der Waals surface area (Å²) in [6, 6.07) is 23.6. The first kappa shape index (κ1) is 10.6. The average molecular weight is 246 g/mol. The van der Waals surface area contributed by atoms with E-state index < -0.39 is 0 Å². The highest BCUT2D eigenvalue weighted by Gasteiger charge is 2.24. The number of fused-ring (bicyclic) bond motifs is 3. The third-order valence-electron chi connectivity index (χ3n) is 3.75. The van der Waals surface area contributed by atoms with Gasteiger partial charge in [0.25, 0.3) is 0 Å². The lowest BCUT2D eigenvalue weighted by molar-refractivity contribution is 0.729. The maximum absolute atomic E-state index is 3.38. The van der Waals surface area contributed by atoms with Crippen molar-refractivity contribution in [3.63, 3.8) is 0 Å². The van der Waals surface area contributed by atoms with Crippen LogP contribution in [0.4, 0.5) is 5.69 Å². The molecule has 0 bridgehead atoms. The van der Waals surface area contributed by atoms with Crippen molar-refractivity contribution < 1.29 is 0 Å². The van der Waals surface area contributed by atoms with Crippen LogP contribution in [0.1, 0.15) is 17.2 Å². The zero-order valence-corrected chi connectivity index (χ0v) is 10.4. The molecule has 0 aliphatic carbocycles. The molecule has 0 saturated heterocycles. The Balaban J connectivity index is 1.90. The molecule has 92 valence electrons. The van der Waals surface area contributed by atoms with E-state index in [9.17, 15) is 0 Å². The van der Waals surface area contributed by atoms with E-state index >= 15 is 0 Å². The summed E-state index contributed by atoms with van der Waals surface area (Å²) < 4.78 is 0. The first-order valence-electron chi connectivity index (χ1n) is 6.51. The number of nitrogens with one attached hydrogen (secondary N) is 2. The number of hydrogen-bond donors (Lipinski definition) is 2. The Bertz CT molecular complexity index is 735. The molecule has 0 amide bonds. The minimum Gasteiger partial charge on any atom is -0.320 e. The first-order chi connectivity index (χ1) is 9.43. The Labute approximate surface area is 112 Å². The molecule has 3 aromatic rings. The average Bonchev–Trinajstić information content (AvgIpc) is 2.92. The van der Waals surface area contributed by atoms with E-state index in [4.69, 9.17) is 0 Å². The highest BCUT2D eigenvalue weighted by molar-refractivity contribution is 5.96. The van der Waals surface area contributed by atoms with Gasteiger partial charge in [0.15, 0.2) is 0 Å². The SMILES string of the molecule is c1ccc(C2NNc3c2ccc2ccccc32)cc1. The Morgan fingerprint density at radius 1 is 0.737 bits per heavy atom. The topological polar surface area (TPSA) is 24.1 Å². The van der Waals surface area contributed by atoms with Crippen molar-refractivity contribution in [2.45, 2.75) is 6.04 Å². The number of hydrazine groups is 1. The fourth-order valence-electron chi connectivity index (χ4n) is 2.80. The largest absolute Gasteiger partial charge is 0.320 e. The highest BCUT2D eigenvalue weighted by Crippen LogP contribution is 2.37. The zero-order valence-electron chi connectivity index (χ0n) is 10.4. The van der Waals surface area contributed by atoms with Gasteiger partial charge in [-0.15, -0.1) is 0 Å². The van der Waals surface area contributed by atoms with Gasteiger partial charge >= 0.3 is 0 Å². The van der Waals surface area contributed by atoms with Gasteiger partial charge in [0.1, 0.15) is 0 Å². The van der Waals surface area contributed by atoms with Gasteiger partial charge in [0.05, 0.1) is 11.7 Å². The van der Waals surface area contributed by atoms with E-state index in [2.05, 4.69) is 71.5 Å². The number of benzene rings is 3. The summed E-state index contributed by atoms with van der Waals surface area (Å²) in [5.74, 6) is 0. The molecule has 4 rings (SSSR count). The van der Waals surface area contributed by atoms with Gasteiger partial charge in [-0.3, -0.25) is 0 Å². The molecule has 1 heterocycles. The smallest absolute Gasteiger partial charge is 0.0780 e. The second-order valence-corrected chi connectivity index (χ2v) is 4.86. The van der Waals surface area contributed by atoms with Crippen LogP contribution >= 0.6 is 0 Å². The van der Waals surface area contributed by atoms with Crippen molar-refractivity contribution >= 4 is 16.5 Å². The van der Waals surface area contributed by atoms with Crippen molar-refractivity contribution in [1.82, 2.24) is 5.43 Å². The van der Waals surface area contributed by atoms with Crippen molar-refractivity contribution in [2.24, 2.45) is 0 Å². The van der Waals surface area contributed by atoms with Gasteiger partial charge in [0, 0.05) is 10.9 Å². The van der Waals surface area contributed by atoms with Crippen molar-refractivity contribution in [2.75, 3.05) is 5.43 Å². The second-order valence-electron chi connectivity index (χ2n) is 4.86. The second kappa shape index (κ2) is 4.11. The molecule has 19 heavy (non-hydrogen) atoms. The monoisotopic (exact) mass is 246 g/mol. The highest BCUT2D eigenvalue weighted by atomic mass is 15.4. The van der Waals surface area contributed by atoms with Crippen molar-refractivity contribution in [3.8, 4) is 0 Å². The van der Waals surface area contributed by atoms with Gasteiger partial charge in [-0.05, 0) is 10.9 Å². The molecule has 3 aromatic carbocycles. The number of rotatable bonds is 1. The van der Waals surface area contributed by atoms with E-state index in [1.807, 2.05) is 6.07 Å². The van der Waals surface area contributed by atoms with Gasteiger partial charge < -0.3 is 5.43 Å². The lowest BCUT2D eigenvalue weighted by Gasteiger charge is -2.11. The maximum atomic E-state index is 3.38. The molecule has 0 radical (unpaired) electrons. The summed E-state index contributed by atoms with van der Waals surface area (Å²) in [4.78, 5) is 0. The third kappa shape index (κ3) is 1.61. The maximum Gasteiger partial charge on any atom is 0.0780 e. The van der Waals surface area contributed by atoms with Crippen LogP contribution in [-0.2, 0) is 0 Å². The van der Waals surface area contributed by atoms with E-state index in [1.165, 1.54) is 27.6 Å². The lowest BCUT2D eigenvalue weighted by atomic mass is 9.96. The zero-order chi connectivity index (χ0) is 12.7. The van der Waals surface area contributed by atoms with E-state index in [1.54, 1.807) is 0 Å². The van der Waals surface area contributed by atoms with Crippen LogP contribution in [0, 0.1) is 0 Å². The fraction of sp³-hybridized carbons (Fsp3) is 0.0588. The number of anilines is 1. The van der Waals surface area contributed by atoms with Crippen LogP contribution in [0.5, 0.6) is 0 Å². The molecule has 0 fully saturated rings.